The van der Waals surface area contributed by atoms with E-state index in [2.05, 4.69) is 4.98 Å². The Hall–Kier alpha value is -2.06. The summed E-state index contributed by atoms with van der Waals surface area (Å²) in [5.74, 6) is -7.36. The molecule has 3 N–H and O–H groups in total. The van der Waals surface area contributed by atoms with Crippen molar-refractivity contribution in [3.05, 3.63) is 65.2 Å². The molecular weight excluding hydrogens is 355 g/mol. The molecule has 0 fully saturated rings. The van der Waals surface area contributed by atoms with E-state index < -0.39 is 46.8 Å². The highest BCUT2D eigenvalue weighted by atomic mass is 19.3. The van der Waals surface area contributed by atoms with Crippen LogP contribution in [0.1, 0.15) is 39.0 Å². The van der Waals surface area contributed by atoms with Gasteiger partial charge in [-0.2, -0.15) is 8.78 Å². The summed E-state index contributed by atoms with van der Waals surface area (Å²) in [5.41, 5.74) is 0.159. The molecule has 2 rings (SSSR count). The standard InChI is InChI=1S/C14H11F5N2O.2C2H6/c15-8-1-3-10(11(17)5-8)13(22,7-20)14(18,19)12-4-2-9(16)6-21-12;2*1-2/h1-6,22H,7,20H2;2*1-2H3. The van der Waals surface area contributed by atoms with Crippen molar-refractivity contribution in [1.29, 1.82) is 0 Å². The van der Waals surface area contributed by atoms with Crippen LogP contribution in [0.4, 0.5) is 22.0 Å². The van der Waals surface area contributed by atoms with Crippen molar-refractivity contribution in [3.8, 4) is 0 Å². The van der Waals surface area contributed by atoms with Crippen molar-refractivity contribution >= 4 is 0 Å². The van der Waals surface area contributed by atoms with E-state index in [1.807, 2.05) is 27.7 Å². The molecule has 1 unspecified atom stereocenters. The first kappa shape index (κ1) is 23.9. The lowest BCUT2D eigenvalue weighted by Gasteiger charge is -2.35. The number of hydrogen-bond acceptors (Lipinski definition) is 3. The van der Waals surface area contributed by atoms with Crippen LogP contribution in [0.25, 0.3) is 0 Å². The molecule has 146 valence electrons. The molecule has 1 atom stereocenters. The molecule has 1 aromatic carbocycles. The van der Waals surface area contributed by atoms with Gasteiger partial charge in [0.15, 0.2) is 5.60 Å². The maximum absolute atomic E-state index is 14.5. The number of hydrogen-bond donors (Lipinski definition) is 2. The highest BCUT2D eigenvalue weighted by molar-refractivity contribution is 5.31. The third-order valence-electron chi connectivity index (χ3n) is 3.24. The number of pyridine rings is 1. The highest BCUT2D eigenvalue weighted by Gasteiger charge is 2.56. The smallest absolute Gasteiger partial charge is 0.323 e. The van der Waals surface area contributed by atoms with Crippen molar-refractivity contribution < 1.29 is 27.1 Å². The van der Waals surface area contributed by atoms with E-state index >= 15 is 0 Å². The summed E-state index contributed by atoms with van der Waals surface area (Å²) >= 11 is 0. The Labute approximate surface area is 149 Å². The summed E-state index contributed by atoms with van der Waals surface area (Å²) in [4.78, 5) is 3.20. The van der Waals surface area contributed by atoms with Crippen LogP contribution in [-0.2, 0) is 11.5 Å². The number of aliphatic hydroxyl groups is 1. The molecular formula is C18H23F5N2O. The maximum atomic E-state index is 14.5. The van der Waals surface area contributed by atoms with Crippen LogP contribution in [0.2, 0.25) is 0 Å². The van der Waals surface area contributed by atoms with Gasteiger partial charge in [0.2, 0.25) is 0 Å². The molecule has 26 heavy (non-hydrogen) atoms. The van der Waals surface area contributed by atoms with E-state index in [9.17, 15) is 27.1 Å². The number of alkyl halides is 2. The second-order valence-electron chi connectivity index (χ2n) is 4.62. The van der Waals surface area contributed by atoms with Crippen LogP contribution < -0.4 is 5.73 Å². The number of benzene rings is 1. The SMILES string of the molecule is CC.CC.NCC(O)(c1ccc(F)cc1F)C(F)(F)c1ccc(F)cn1. The fraction of sp³-hybridized carbons (Fsp3) is 0.389. The molecule has 3 nitrogen and oxygen atoms in total. The van der Waals surface area contributed by atoms with Crippen LogP contribution >= 0.6 is 0 Å². The number of halogens is 5. The zero-order valence-corrected chi connectivity index (χ0v) is 15.0. The summed E-state index contributed by atoms with van der Waals surface area (Å²) in [5, 5.41) is 10.2. The Morgan fingerprint density at radius 1 is 0.962 bits per heavy atom. The van der Waals surface area contributed by atoms with Crippen molar-refractivity contribution in [2.45, 2.75) is 39.2 Å². The summed E-state index contributed by atoms with van der Waals surface area (Å²) < 4.78 is 68.5. The van der Waals surface area contributed by atoms with Gasteiger partial charge >= 0.3 is 5.92 Å². The minimum absolute atomic E-state index is 0.351. The van der Waals surface area contributed by atoms with E-state index in [-0.39, 0.29) is 0 Å². The zero-order valence-electron chi connectivity index (χ0n) is 15.0. The van der Waals surface area contributed by atoms with Gasteiger partial charge in [-0.1, -0.05) is 33.8 Å². The van der Waals surface area contributed by atoms with E-state index in [4.69, 9.17) is 5.73 Å². The Bertz CT molecular complexity index is 680. The lowest BCUT2D eigenvalue weighted by molar-refractivity contribution is -0.193. The average Bonchev–Trinajstić information content (AvgIpc) is 2.64. The summed E-state index contributed by atoms with van der Waals surface area (Å²) in [6.45, 7) is 6.93. The van der Waals surface area contributed by atoms with Gasteiger partial charge in [-0.05, 0) is 18.2 Å². The van der Waals surface area contributed by atoms with Crippen LogP contribution in [0.3, 0.4) is 0 Å². The van der Waals surface area contributed by atoms with Gasteiger partial charge in [-0.15, -0.1) is 0 Å². The van der Waals surface area contributed by atoms with Crippen LogP contribution in [0.15, 0.2) is 36.5 Å². The molecule has 2 aromatic rings. The van der Waals surface area contributed by atoms with Crippen LogP contribution in [-0.4, -0.2) is 16.6 Å². The number of nitrogens with two attached hydrogens (primary N) is 1. The molecule has 0 aliphatic carbocycles. The van der Waals surface area contributed by atoms with Gasteiger partial charge in [-0.3, -0.25) is 4.98 Å². The normalized spacial score (nSPS) is 12.9. The van der Waals surface area contributed by atoms with Gasteiger partial charge in [0, 0.05) is 18.2 Å². The second-order valence-corrected chi connectivity index (χ2v) is 4.62. The lowest BCUT2D eigenvalue weighted by atomic mass is 9.85. The summed E-state index contributed by atoms with van der Waals surface area (Å²) in [7, 11) is 0. The number of aromatic nitrogens is 1. The molecule has 1 aromatic heterocycles. The van der Waals surface area contributed by atoms with Gasteiger partial charge in [0.1, 0.15) is 23.1 Å². The molecule has 0 radical (unpaired) electrons. The van der Waals surface area contributed by atoms with E-state index in [0.29, 0.717) is 36.5 Å². The van der Waals surface area contributed by atoms with E-state index in [1.54, 1.807) is 0 Å². The predicted octanol–water partition coefficient (Wildman–Crippen LogP) is 4.49. The van der Waals surface area contributed by atoms with Crippen molar-refractivity contribution in [1.82, 2.24) is 4.98 Å². The van der Waals surface area contributed by atoms with Gasteiger partial charge < -0.3 is 10.8 Å². The molecule has 8 heteroatoms. The third-order valence-corrected chi connectivity index (χ3v) is 3.24. The predicted molar refractivity (Wildman–Crippen MR) is 90.1 cm³/mol. The zero-order chi connectivity index (χ0) is 20.5. The fourth-order valence-electron chi connectivity index (χ4n) is 2.01. The topological polar surface area (TPSA) is 59.1 Å². The number of nitrogens with zero attached hydrogens (tertiary/aromatic N) is 1. The van der Waals surface area contributed by atoms with Crippen molar-refractivity contribution in [3.63, 3.8) is 0 Å². The van der Waals surface area contributed by atoms with Gasteiger partial charge in [0.05, 0.1) is 6.20 Å². The van der Waals surface area contributed by atoms with E-state index in [1.165, 1.54) is 0 Å². The Morgan fingerprint density at radius 3 is 1.92 bits per heavy atom. The van der Waals surface area contributed by atoms with E-state index in [0.717, 1.165) is 0 Å². The lowest BCUT2D eigenvalue weighted by Crippen LogP contribution is -2.50. The molecule has 0 amide bonds. The Balaban J connectivity index is 0.00000146. The molecule has 0 saturated heterocycles. The quantitative estimate of drug-likeness (QED) is 0.771. The average molecular weight is 378 g/mol. The fourth-order valence-corrected chi connectivity index (χ4v) is 2.01. The number of rotatable bonds is 4. The first-order chi connectivity index (χ1) is 12.2. The van der Waals surface area contributed by atoms with Gasteiger partial charge in [0.25, 0.3) is 0 Å². The molecule has 1 heterocycles. The minimum atomic E-state index is -4.13. The molecule has 0 bridgehead atoms. The van der Waals surface area contributed by atoms with Gasteiger partial charge in [-0.25, -0.2) is 13.2 Å². The molecule has 0 aliphatic rings. The Morgan fingerprint density at radius 2 is 1.50 bits per heavy atom. The van der Waals surface area contributed by atoms with Crippen molar-refractivity contribution in [2.24, 2.45) is 5.73 Å². The van der Waals surface area contributed by atoms with Crippen LogP contribution in [0, 0.1) is 17.5 Å². The Kier molecular flexibility index (Phi) is 9.37. The third kappa shape index (κ3) is 4.76. The second kappa shape index (κ2) is 10.2. The van der Waals surface area contributed by atoms with Crippen molar-refractivity contribution in [2.75, 3.05) is 6.54 Å². The first-order valence-corrected chi connectivity index (χ1v) is 8.10. The minimum Gasteiger partial charge on any atom is -0.377 e. The van der Waals surface area contributed by atoms with Crippen LogP contribution in [0.5, 0.6) is 0 Å². The maximum Gasteiger partial charge on any atom is 0.323 e. The summed E-state index contributed by atoms with van der Waals surface area (Å²) in [6, 6.07) is 3.11. The molecule has 0 saturated carbocycles. The monoisotopic (exact) mass is 378 g/mol. The largest absolute Gasteiger partial charge is 0.377 e. The molecule has 0 aliphatic heterocycles. The first-order valence-electron chi connectivity index (χ1n) is 8.10. The summed E-state index contributed by atoms with van der Waals surface area (Å²) in [6.07, 6.45) is 0.529. The molecule has 0 spiro atoms. The highest BCUT2D eigenvalue weighted by Crippen LogP contribution is 2.44.